The molecule has 0 aromatic rings. The minimum Gasteiger partial charge on any atom is -0.393 e. The van der Waals surface area contributed by atoms with E-state index in [0.717, 1.165) is 0 Å². The molecule has 0 aromatic heterocycles. The van der Waals surface area contributed by atoms with Crippen LogP contribution in [0.4, 0.5) is 4.79 Å². The summed E-state index contributed by atoms with van der Waals surface area (Å²) in [7, 11) is 1.62. The van der Waals surface area contributed by atoms with Crippen LogP contribution in [0.3, 0.4) is 0 Å². The van der Waals surface area contributed by atoms with Crippen LogP contribution in [0, 0.1) is 0 Å². The molecule has 11 heavy (non-hydrogen) atoms. The third-order valence-electron chi connectivity index (χ3n) is 1.97. The Balaban J connectivity index is 2.33. The smallest absolute Gasteiger partial charge is 0.317 e. The van der Waals surface area contributed by atoms with Crippen molar-refractivity contribution in [2.24, 2.45) is 0 Å². The number of nitrogens with one attached hydrogen (secondary N) is 1. The molecule has 0 unspecified atom stereocenters. The van der Waals surface area contributed by atoms with Crippen molar-refractivity contribution in [2.45, 2.75) is 18.9 Å². The number of rotatable bonds is 0. The number of amides is 2. The lowest BCUT2D eigenvalue weighted by Gasteiger charge is -2.28. The quantitative estimate of drug-likeness (QED) is 0.512. The summed E-state index contributed by atoms with van der Waals surface area (Å²) in [6.07, 6.45) is 1.19. The largest absolute Gasteiger partial charge is 0.393 e. The fraction of sp³-hybridized carbons (Fsp3) is 0.857. The van der Waals surface area contributed by atoms with E-state index in [2.05, 4.69) is 5.32 Å². The summed E-state index contributed by atoms with van der Waals surface area (Å²) in [5.74, 6) is 0. The minimum atomic E-state index is -0.212. The van der Waals surface area contributed by atoms with Gasteiger partial charge in [0.2, 0.25) is 0 Å². The fourth-order valence-electron chi connectivity index (χ4n) is 1.23. The average Bonchev–Trinajstić information content (AvgIpc) is 2.05. The van der Waals surface area contributed by atoms with Gasteiger partial charge in [-0.2, -0.15) is 0 Å². The van der Waals surface area contributed by atoms with Crippen LogP contribution in [0.1, 0.15) is 12.8 Å². The van der Waals surface area contributed by atoms with Crippen LogP contribution in [0.2, 0.25) is 0 Å². The van der Waals surface area contributed by atoms with Crippen LogP contribution in [-0.4, -0.2) is 42.3 Å². The maximum absolute atomic E-state index is 11.0. The molecule has 0 aromatic carbocycles. The van der Waals surface area contributed by atoms with Gasteiger partial charge < -0.3 is 15.3 Å². The predicted octanol–water partition coefficient (Wildman–Crippen LogP) is -0.218. The topological polar surface area (TPSA) is 52.6 Å². The molecule has 0 saturated carbocycles. The number of hydrogen-bond acceptors (Lipinski definition) is 2. The molecule has 0 radical (unpaired) electrons. The van der Waals surface area contributed by atoms with Crippen molar-refractivity contribution in [3.05, 3.63) is 0 Å². The van der Waals surface area contributed by atoms with Gasteiger partial charge in [-0.3, -0.25) is 0 Å². The lowest BCUT2D eigenvalue weighted by Crippen LogP contribution is -2.44. The Morgan fingerprint density at radius 3 is 2.55 bits per heavy atom. The number of aliphatic hydroxyl groups excluding tert-OH is 1. The molecule has 1 heterocycles. The Bertz CT molecular complexity index is 141. The summed E-state index contributed by atoms with van der Waals surface area (Å²) in [6, 6.07) is -0.0445. The van der Waals surface area contributed by atoms with Gasteiger partial charge in [-0.1, -0.05) is 0 Å². The van der Waals surface area contributed by atoms with E-state index < -0.39 is 0 Å². The van der Waals surface area contributed by atoms with Crippen molar-refractivity contribution in [3.8, 4) is 0 Å². The van der Waals surface area contributed by atoms with Crippen LogP contribution in [-0.2, 0) is 0 Å². The highest BCUT2D eigenvalue weighted by Crippen LogP contribution is 2.09. The second-order valence-electron chi connectivity index (χ2n) is 2.77. The van der Waals surface area contributed by atoms with Crippen LogP contribution in [0.15, 0.2) is 0 Å². The van der Waals surface area contributed by atoms with Gasteiger partial charge in [-0.15, -0.1) is 0 Å². The number of carbonyl (C=O) groups is 1. The lowest BCUT2D eigenvalue weighted by atomic mass is 10.1. The molecule has 2 amide bonds. The van der Waals surface area contributed by atoms with Gasteiger partial charge in [-0.25, -0.2) is 4.79 Å². The molecule has 4 nitrogen and oxygen atoms in total. The molecule has 0 bridgehead atoms. The van der Waals surface area contributed by atoms with Crippen molar-refractivity contribution in [3.63, 3.8) is 0 Å². The fourth-order valence-corrected chi connectivity index (χ4v) is 1.23. The summed E-state index contributed by atoms with van der Waals surface area (Å²) >= 11 is 0. The minimum absolute atomic E-state index is 0.0445. The molecule has 64 valence electrons. The van der Waals surface area contributed by atoms with Gasteiger partial charge in [0.05, 0.1) is 6.10 Å². The molecule has 1 fully saturated rings. The first-order chi connectivity index (χ1) is 5.24. The molecule has 1 rings (SSSR count). The zero-order valence-electron chi connectivity index (χ0n) is 6.71. The number of carbonyl (C=O) groups excluding carboxylic acids is 1. The van der Waals surface area contributed by atoms with Crippen molar-refractivity contribution in [1.82, 2.24) is 10.2 Å². The Morgan fingerprint density at radius 1 is 1.55 bits per heavy atom. The third-order valence-corrected chi connectivity index (χ3v) is 1.97. The highest BCUT2D eigenvalue weighted by atomic mass is 16.3. The second kappa shape index (κ2) is 3.57. The highest BCUT2D eigenvalue weighted by Gasteiger charge is 2.19. The monoisotopic (exact) mass is 158 g/mol. The number of likely N-dealkylation sites (tertiary alicyclic amines) is 1. The molecule has 1 aliphatic heterocycles. The average molecular weight is 158 g/mol. The van der Waals surface area contributed by atoms with E-state index in [4.69, 9.17) is 5.11 Å². The molecule has 0 atom stereocenters. The lowest BCUT2D eigenvalue weighted by molar-refractivity contribution is 0.0942. The number of aliphatic hydroxyl groups is 1. The standard InChI is InChI=1S/C7H14N2O2/c1-8-7(11)9-4-2-6(10)3-5-9/h6,10H,2-5H2,1H3,(H,8,11). The molecule has 1 saturated heterocycles. The first-order valence-corrected chi connectivity index (χ1v) is 3.88. The molecular weight excluding hydrogens is 144 g/mol. The van der Waals surface area contributed by atoms with E-state index in [-0.39, 0.29) is 12.1 Å². The van der Waals surface area contributed by atoms with Crippen LogP contribution in [0.5, 0.6) is 0 Å². The Morgan fingerprint density at radius 2 is 2.09 bits per heavy atom. The van der Waals surface area contributed by atoms with Crippen molar-refractivity contribution in [1.29, 1.82) is 0 Å². The molecule has 2 N–H and O–H groups in total. The van der Waals surface area contributed by atoms with Gasteiger partial charge in [0.25, 0.3) is 0 Å². The Hall–Kier alpha value is -0.770. The molecule has 0 spiro atoms. The number of nitrogens with zero attached hydrogens (tertiary/aromatic N) is 1. The molecule has 1 aliphatic rings. The highest BCUT2D eigenvalue weighted by molar-refractivity contribution is 5.73. The van der Waals surface area contributed by atoms with E-state index in [1.165, 1.54) is 0 Å². The van der Waals surface area contributed by atoms with E-state index in [1.54, 1.807) is 11.9 Å². The summed E-state index contributed by atoms with van der Waals surface area (Å²) in [5, 5.41) is 11.7. The normalized spacial score (nSPS) is 20.0. The molecule has 4 heteroatoms. The van der Waals surface area contributed by atoms with Crippen LogP contribution >= 0.6 is 0 Å². The molecular formula is C7H14N2O2. The van der Waals surface area contributed by atoms with Crippen molar-refractivity contribution in [2.75, 3.05) is 20.1 Å². The van der Waals surface area contributed by atoms with Gasteiger partial charge in [0.15, 0.2) is 0 Å². The predicted molar refractivity (Wildman–Crippen MR) is 41.3 cm³/mol. The number of piperidine rings is 1. The first kappa shape index (κ1) is 8.33. The summed E-state index contributed by atoms with van der Waals surface area (Å²) in [5.41, 5.74) is 0. The summed E-state index contributed by atoms with van der Waals surface area (Å²) in [4.78, 5) is 12.7. The van der Waals surface area contributed by atoms with Gasteiger partial charge in [0.1, 0.15) is 0 Å². The summed E-state index contributed by atoms with van der Waals surface area (Å²) in [6.45, 7) is 1.34. The Kier molecular flexibility index (Phi) is 2.70. The first-order valence-electron chi connectivity index (χ1n) is 3.88. The van der Waals surface area contributed by atoms with Crippen molar-refractivity contribution >= 4 is 6.03 Å². The van der Waals surface area contributed by atoms with Crippen LogP contribution < -0.4 is 5.32 Å². The zero-order chi connectivity index (χ0) is 8.27. The number of hydrogen-bond donors (Lipinski definition) is 2. The maximum atomic E-state index is 11.0. The number of urea groups is 1. The van der Waals surface area contributed by atoms with E-state index >= 15 is 0 Å². The van der Waals surface area contributed by atoms with Gasteiger partial charge in [-0.05, 0) is 12.8 Å². The van der Waals surface area contributed by atoms with Crippen molar-refractivity contribution < 1.29 is 9.90 Å². The van der Waals surface area contributed by atoms with Crippen LogP contribution in [0.25, 0.3) is 0 Å². The third kappa shape index (κ3) is 2.08. The maximum Gasteiger partial charge on any atom is 0.317 e. The van der Waals surface area contributed by atoms with E-state index in [1.807, 2.05) is 0 Å². The Labute approximate surface area is 66.2 Å². The zero-order valence-corrected chi connectivity index (χ0v) is 6.71. The SMILES string of the molecule is CNC(=O)N1CCC(O)CC1. The summed E-state index contributed by atoms with van der Waals surface area (Å²) < 4.78 is 0. The van der Waals surface area contributed by atoms with Gasteiger partial charge in [0, 0.05) is 20.1 Å². The van der Waals surface area contributed by atoms with Gasteiger partial charge >= 0.3 is 6.03 Å². The van der Waals surface area contributed by atoms with E-state index in [9.17, 15) is 4.79 Å². The van der Waals surface area contributed by atoms with E-state index in [0.29, 0.717) is 25.9 Å². The second-order valence-corrected chi connectivity index (χ2v) is 2.77. The molecule has 0 aliphatic carbocycles.